The highest BCUT2D eigenvalue weighted by molar-refractivity contribution is 9.11. The highest BCUT2D eigenvalue weighted by atomic mass is 79.9. The maximum atomic E-state index is 12.0. The molecule has 0 unspecified atom stereocenters. The molecule has 1 aromatic rings. The minimum atomic E-state index is -0.864. The monoisotopic (exact) mass is 367 g/mol. The van der Waals surface area contributed by atoms with E-state index in [1.165, 1.54) is 4.90 Å². The molecule has 0 bridgehead atoms. The van der Waals surface area contributed by atoms with Crippen LogP contribution in [0, 0.1) is 0 Å². The first-order valence-electron chi connectivity index (χ1n) is 4.80. The van der Waals surface area contributed by atoms with Gasteiger partial charge in [0, 0.05) is 20.0 Å². The van der Waals surface area contributed by atoms with Crippen molar-refractivity contribution in [3.8, 4) is 0 Å². The largest absolute Gasteiger partial charge is 0.481 e. The van der Waals surface area contributed by atoms with E-state index < -0.39 is 5.97 Å². The van der Waals surface area contributed by atoms with Crippen LogP contribution < -0.4 is 0 Å². The molecule has 1 heterocycles. The predicted octanol–water partition coefficient (Wildman–Crippen LogP) is 1.87. The molecule has 0 radical (unpaired) electrons. The molecule has 2 N–H and O–H groups in total. The number of hydrogen-bond acceptors (Lipinski definition) is 3. The van der Waals surface area contributed by atoms with Gasteiger partial charge in [-0.3, -0.25) is 14.7 Å². The number of carboxylic acids is 1. The Balaban J connectivity index is 2.61. The molecule has 0 atom stereocenters. The number of carboxylic acid groups (broad SMARTS) is 1. The van der Waals surface area contributed by atoms with Gasteiger partial charge in [-0.15, -0.1) is 0 Å². The number of halogens is 2. The lowest BCUT2D eigenvalue weighted by Crippen LogP contribution is -2.28. The van der Waals surface area contributed by atoms with Gasteiger partial charge in [-0.05, 0) is 38.3 Å². The first kappa shape index (κ1) is 14.2. The molecule has 0 aliphatic rings. The Morgan fingerprint density at radius 2 is 2.12 bits per heavy atom. The minimum Gasteiger partial charge on any atom is -0.481 e. The van der Waals surface area contributed by atoms with Crippen LogP contribution in [0.25, 0.3) is 0 Å². The Labute approximate surface area is 115 Å². The fraction of sp³-hybridized carbons (Fsp3) is 0.444. The summed E-state index contributed by atoms with van der Waals surface area (Å²) in [4.78, 5) is 23.8. The molecule has 94 valence electrons. The van der Waals surface area contributed by atoms with E-state index in [1.54, 1.807) is 7.05 Å². The third-order valence-electron chi connectivity index (χ3n) is 2.12. The van der Waals surface area contributed by atoms with Gasteiger partial charge in [0.25, 0.3) is 5.91 Å². The summed E-state index contributed by atoms with van der Waals surface area (Å²) in [6, 6.07) is 0. The average molecular weight is 369 g/mol. The number of nitrogens with one attached hydrogen (secondary N) is 1. The van der Waals surface area contributed by atoms with Crippen molar-refractivity contribution in [3.05, 3.63) is 14.8 Å². The molecule has 6 nitrogen and oxygen atoms in total. The third-order valence-corrected chi connectivity index (χ3v) is 3.27. The Morgan fingerprint density at radius 1 is 1.47 bits per heavy atom. The molecule has 1 amide bonds. The van der Waals surface area contributed by atoms with Crippen LogP contribution in [-0.2, 0) is 4.79 Å². The SMILES string of the molecule is CN(CCCC(=O)O)C(=O)c1c(Br)n[nH]c1Br. The maximum absolute atomic E-state index is 12.0. The number of aromatic amines is 1. The molecule has 0 spiro atoms. The quantitative estimate of drug-likeness (QED) is 0.830. The normalized spacial score (nSPS) is 10.3. The summed E-state index contributed by atoms with van der Waals surface area (Å²) in [5.41, 5.74) is 0.405. The topological polar surface area (TPSA) is 86.3 Å². The number of hydrogen-bond donors (Lipinski definition) is 2. The molecule has 0 fully saturated rings. The van der Waals surface area contributed by atoms with E-state index in [2.05, 4.69) is 42.1 Å². The third kappa shape index (κ3) is 3.81. The van der Waals surface area contributed by atoms with Crippen molar-refractivity contribution in [1.82, 2.24) is 15.1 Å². The average Bonchev–Trinajstić information content (AvgIpc) is 2.57. The summed E-state index contributed by atoms with van der Waals surface area (Å²) in [6.45, 7) is 0.384. The molecular formula is C9H11Br2N3O3. The van der Waals surface area contributed by atoms with Crippen LogP contribution >= 0.6 is 31.9 Å². The lowest BCUT2D eigenvalue weighted by Gasteiger charge is -2.16. The Kier molecular flexibility index (Phi) is 5.13. The summed E-state index contributed by atoms with van der Waals surface area (Å²) in [6.07, 6.45) is 0.468. The molecule has 17 heavy (non-hydrogen) atoms. The van der Waals surface area contributed by atoms with Crippen molar-refractivity contribution in [1.29, 1.82) is 0 Å². The number of carbonyl (C=O) groups excluding carboxylic acids is 1. The molecule has 0 aromatic carbocycles. The summed E-state index contributed by atoms with van der Waals surface area (Å²) >= 11 is 6.35. The molecule has 0 saturated heterocycles. The molecule has 0 aliphatic heterocycles. The van der Waals surface area contributed by atoms with Gasteiger partial charge >= 0.3 is 5.97 Å². The van der Waals surface area contributed by atoms with Crippen molar-refractivity contribution in [2.75, 3.05) is 13.6 Å². The zero-order chi connectivity index (χ0) is 13.0. The standard InChI is InChI=1S/C9H11Br2N3O3/c1-14(4-2-3-5(15)16)9(17)6-7(10)12-13-8(6)11/h2-4H2,1H3,(H,12,13)(H,15,16). The van der Waals surface area contributed by atoms with Crippen LogP contribution in [0.5, 0.6) is 0 Å². The highest BCUT2D eigenvalue weighted by Gasteiger charge is 2.20. The number of rotatable bonds is 5. The number of amides is 1. The van der Waals surface area contributed by atoms with Gasteiger partial charge < -0.3 is 10.0 Å². The first-order chi connectivity index (χ1) is 7.93. The fourth-order valence-electron chi connectivity index (χ4n) is 1.24. The van der Waals surface area contributed by atoms with Gasteiger partial charge in [0.2, 0.25) is 0 Å². The van der Waals surface area contributed by atoms with Crippen molar-refractivity contribution in [2.45, 2.75) is 12.8 Å². The number of aromatic nitrogens is 2. The second-order valence-corrected chi connectivity index (χ2v) is 4.97. The van der Waals surface area contributed by atoms with E-state index in [-0.39, 0.29) is 12.3 Å². The van der Waals surface area contributed by atoms with Crippen LogP contribution in [-0.4, -0.2) is 45.7 Å². The zero-order valence-corrected chi connectivity index (χ0v) is 12.2. The van der Waals surface area contributed by atoms with Gasteiger partial charge in [0.15, 0.2) is 0 Å². The smallest absolute Gasteiger partial charge is 0.303 e. The summed E-state index contributed by atoms with van der Waals surface area (Å²) < 4.78 is 0.930. The van der Waals surface area contributed by atoms with Gasteiger partial charge in [0.1, 0.15) is 14.8 Å². The van der Waals surface area contributed by atoms with Crippen LogP contribution in [0.4, 0.5) is 0 Å². The van der Waals surface area contributed by atoms with E-state index in [1.807, 2.05) is 0 Å². The van der Waals surface area contributed by atoms with Crippen LogP contribution in [0.2, 0.25) is 0 Å². The molecular weight excluding hydrogens is 358 g/mol. The van der Waals surface area contributed by atoms with Gasteiger partial charge in [-0.2, -0.15) is 5.10 Å². The van der Waals surface area contributed by atoms with Crippen LogP contribution in [0.3, 0.4) is 0 Å². The maximum Gasteiger partial charge on any atom is 0.303 e. The number of H-pyrrole nitrogens is 1. The Morgan fingerprint density at radius 3 is 2.59 bits per heavy atom. The molecule has 8 heteroatoms. The number of carbonyl (C=O) groups is 2. The van der Waals surface area contributed by atoms with E-state index in [4.69, 9.17) is 5.11 Å². The van der Waals surface area contributed by atoms with Crippen molar-refractivity contribution in [3.63, 3.8) is 0 Å². The molecule has 1 rings (SSSR count). The molecule has 1 aromatic heterocycles. The lowest BCUT2D eigenvalue weighted by molar-refractivity contribution is -0.137. The Bertz CT molecular complexity index is 414. The summed E-state index contributed by atoms with van der Waals surface area (Å²) in [5, 5.41) is 15.0. The highest BCUT2D eigenvalue weighted by Crippen LogP contribution is 2.23. The summed E-state index contributed by atoms with van der Waals surface area (Å²) in [7, 11) is 1.62. The van der Waals surface area contributed by atoms with E-state index in [9.17, 15) is 9.59 Å². The van der Waals surface area contributed by atoms with E-state index >= 15 is 0 Å². The second kappa shape index (κ2) is 6.15. The van der Waals surface area contributed by atoms with Gasteiger partial charge in [0.05, 0.1) is 0 Å². The van der Waals surface area contributed by atoms with Crippen molar-refractivity contribution in [2.24, 2.45) is 0 Å². The van der Waals surface area contributed by atoms with Gasteiger partial charge in [-0.25, -0.2) is 0 Å². The van der Waals surface area contributed by atoms with E-state index in [0.717, 1.165) is 0 Å². The lowest BCUT2D eigenvalue weighted by atomic mass is 10.2. The number of aliphatic carboxylic acids is 1. The van der Waals surface area contributed by atoms with Crippen molar-refractivity contribution >= 4 is 43.7 Å². The van der Waals surface area contributed by atoms with Crippen molar-refractivity contribution < 1.29 is 14.7 Å². The first-order valence-corrected chi connectivity index (χ1v) is 6.38. The minimum absolute atomic E-state index is 0.0470. The number of nitrogens with zero attached hydrogens (tertiary/aromatic N) is 2. The zero-order valence-electron chi connectivity index (χ0n) is 9.04. The molecule has 0 aliphatic carbocycles. The fourth-order valence-corrected chi connectivity index (χ4v) is 2.41. The van der Waals surface area contributed by atoms with Gasteiger partial charge in [-0.1, -0.05) is 0 Å². The van der Waals surface area contributed by atoms with E-state index in [0.29, 0.717) is 27.7 Å². The van der Waals surface area contributed by atoms with Crippen LogP contribution in [0.1, 0.15) is 23.2 Å². The predicted molar refractivity (Wildman–Crippen MR) is 67.8 cm³/mol. The molecule has 0 saturated carbocycles. The Hall–Kier alpha value is -0.890. The second-order valence-electron chi connectivity index (χ2n) is 3.43. The summed E-state index contributed by atoms with van der Waals surface area (Å²) in [5.74, 6) is -1.08. The van der Waals surface area contributed by atoms with Crippen LogP contribution in [0.15, 0.2) is 9.21 Å².